The van der Waals surface area contributed by atoms with Crippen LogP contribution < -0.4 is 0 Å². The summed E-state index contributed by atoms with van der Waals surface area (Å²) < 4.78 is 0. The number of carbonyl (C=O) groups excluding carboxylic acids is 1. The molecule has 0 aliphatic rings. The topological polar surface area (TPSA) is 30.0 Å². The van der Waals surface area contributed by atoms with Crippen molar-refractivity contribution in [2.45, 2.75) is 20.3 Å². The van der Waals surface area contributed by atoms with Crippen LogP contribution in [-0.2, 0) is 4.79 Å². The maximum absolute atomic E-state index is 10.7. The second-order valence-electron chi connectivity index (χ2n) is 3.26. The predicted octanol–water partition coefficient (Wildman–Crippen LogP) is 3.07. The zero-order valence-electron chi connectivity index (χ0n) is 9.06. The van der Waals surface area contributed by atoms with Gasteiger partial charge >= 0.3 is 0 Å². The van der Waals surface area contributed by atoms with Gasteiger partial charge in [-0.25, -0.2) is 0 Å². The monoisotopic (exact) mass is 221 g/mol. The maximum Gasteiger partial charge on any atom is 0.185 e. The van der Waals surface area contributed by atoms with Gasteiger partial charge in [-0.15, -0.1) is 0 Å². The van der Waals surface area contributed by atoms with Gasteiger partial charge in [0.05, 0.1) is 0 Å². The van der Waals surface area contributed by atoms with Crippen molar-refractivity contribution in [1.29, 1.82) is 0 Å². The molecule has 0 aromatic carbocycles. The summed E-state index contributed by atoms with van der Waals surface area (Å²) in [6.45, 7) is 3.57. The Hall–Kier alpha value is -1.09. The third kappa shape index (κ3) is 5.37. The van der Waals surface area contributed by atoms with Gasteiger partial charge in [-0.3, -0.25) is 9.78 Å². The summed E-state index contributed by atoms with van der Waals surface area (Å²) in [5.41, 5.74) is 2.19. The Morgan fingerprint density at radius 3 is 3.07 bits per heavy atom. The number of aromatic nitrogens is 1. The van der Waals surface area contributed by atoms with E-state index in [1.165, 1.54) is 11.8 Å². The van der Waals surface area contributed by atoms with Crippen LogP contribution in [0.2, 0.25) is 0 Å². The number of thioether (sulfide) groups is 1. The lowest BCUT2D eigenvalue weighted by molar-refractivity contribution is -0.109. The lowest BCUT2D eigenvalue weighted by Gasteiger charge is -1.95. The first kappa shape index (κ1) is 12.0. The molecular formula is C12H15NOS. The third-order valence-electron chi connectivity index (χ3n) is 1.82. The van der Waals surface area contributed by atoms with Gasteiger partial charge in [-0.2, -0.15) is 0 Å². The summed E-state index contributed by atoms with van der Waals surface area (Å²) in [6, 6.07) is 4.01. The van der Waals surface area contributed by atoms with Gasteiger partial charge in [0, 0.05) is 24.6 Å². The van der Waals surface area contributed by atoms with E-state index in [0.717, 1.165) is 23.4 Å². The van der Waals surface area contributed by atoms with E-state index in [9.17, 15) is 4.79 Å². The number of hydrogen-bond acceptors (Lipinski definition) is 3. The first-order valence-electron chi connectivity index (χ1n) is 4.91. The molecule has 0 radical (unpaired) electrons. The van der Waals surface area contributed by atoms with E-state index in [-0.39, 0.29) is 5.12 Å². The van der Waals surface area contributed by atoms with Gasteiger partial charge in [-0.1, -0.05) is 23.9 Å². The summed E-state index contributed by atoms with van der Waals surface area (Å²) in [5.74, 6) is 0.857. The molecule has 1 aromatic rings. The van der Waals surface area contributed by atoms with Gasteiger partial charge in [-0.05, 0) is 31.0 Å². The van der Waals surface area contributed by atoms with Gasteiger partial charge in [0.1, 0.15) is 0 Å². The van der Waals surface area contributed by atoms with Gasteiger partial charge in [0.25, 0.3) is 0 Å². The van der Waals surface area contributed by atoms with Crippen LogP contribution in [0, 0.1) is 6.92 Å². The standard InChI is InChI=1S/C12H15NOS/c1-10-9-12(6-7-13-10)5-3-4-8-15-11(2)14/h3,5-7,9H,4,8H2,1-2H3. The highest BCUT2D eigenvalue weighted by atomic mass is 32.2. The molecule has 80 valence electrons. The second kappa shape index (κ2) is 6.40. The third-order valence-corrected chi connectivity index (χ3v) is 2.67. The van der Waals surface area contributed by atoms with Crippen LogP contribution in [0.15, 0.2) is 24.4 Å². The highest BCUT2D eigenvalue weighted by Gasteiger charge is 1.91. The normalized spacial score (nSPS) is 10.8. The first-order chi connectivity index (χ1) is 7.18. The number of pyridine rings is 1. The lowest BCUT2D eigenvalue weighted by atomic mass is 10.2. The fourth-order valence-corrected chi connectivity index (χ4v) is 1.70. The van der Waals surface area contributed by atoms with E-state index in [1.54, 1.807) is 13.1 Å². The summed E-state index contributed by atoms with van der Waals surface area (Å²) in [7, 11) is 0. The Morgan fingerprint density at radius 2 is 2.40 bits per heavy atom. The minimum atomic E-state index is 0.183. The smallest absolute Gasteiger partial charge is 0.185 e. The number of nitrogens with zero attached hydrogens (tertiary/aromatic N) is 1. The highest BCUT2D eigenvalue weighted by molar-refractivity contribution is 8.13. The van der Waals surface area contributed by atoms with Crippen LogP contribution in [0.25, 0.3) is 6.08 Å². The van der Waals surface area contributed by atoms with Crippen LogP contribution in [0.1, 0.15) is 24.6 Å². The molecule has 3 heteroatoms. The summed E-state index contributed by atoms with van der Waals surface area (Å²) >= 11 is 1.37. The molecule has 2 nitrogen and oxygen atoms in total. The Bertz CT molecular complexity index is 360. The van der Waals surface area contributed by atoms with Crippen LogP contribution in [0.3, 0.4) is 0 Å². The second-order valence-corrected chi connectivity index (χ2v) is 4.53. The molecule has 1 rings (SSSR count). The summed E-state index contributed by atoms with van der Waals surface area (Å²) in [4.78, 5) is 14.8. The van der Waals surface area contributed by atoms with Gasteiger partial charge < -0.3 is 0 Å². The Morgan fingerprint density at radius 1 is 1.60 bits per heavy atom. The Labute approximate surface area is 94.8 Å². The van der Waals surface area contributed by atoms with Crippen LogP contribution in [0.4, 0.5) is 0 Å². The summed E-state index contributed by atoms with van der Waals surface area (Å²) in [5, 5.41) is 0.183. The van der Waals surface area contributed by atoms with Crippen LogP contribution >= 0.6 is 11.8 Å². The minimum absolute atomic E-state index is 0.183. The average molecular weight is 221 g/mol. The van der Waals surface area contributed by atoms with Crippen molar-refractivity contribution in [2.75, 3.05) is 5.75 Å². The van der Waals surface area contributed by atoms with Crippen molar-refractivity contribution in [3.05, 3.63) is 35.7 Å². The van der Waals surface area contributed by atoms with Crippen LogP contribution in [0.5, 0.6) is 0 Å². The lowest BCUT2D eigenvalue weighted by Crippen LogP contribution is -1.84. The molecule has 0 atom stereocenters. The number of rotatable bonds is 4. The first-order valence-corrected chi connectivity index (χ1v) is 5.89. The number of aryl methyl sites for hydroxylation is 1. The molecule has 0 aliphatic carbocycles. The molecule has 0 saturated heterocycles. The molecule has 1 heterocycles. The number of carbonyl (C=O) groups is 1. The molecule has 0 spiro atoms. The van der Waals surface area contributed by atoms with Crippen molar-refractivity contribution in [3.63, 3.8) is 0 Å². The van der Waals surface area contributed by atoms with E-state index in [2.05, 4.69) is 17.1 Å². The number of hydrogen-bond donors (Lipinski definition) is 0. The Balaban J connectivity index is 2.35. The minimum Gasteiger partial charge on any atom is -0.288 e. The van der Waals surface area contributed by atoms with Crippen molar-refractivity contribution in [3.8, 4) is 0 Å². The molecule has 0 fully saturated rings. The van der Waals surface area contributed by atoms with E-state index < -0.39 is 0 Å². The molecule has 0 bridgehead atoms. The predicted molar refractivity (Wildman–Crippen MR) is 65.8 cm³/mol. The van der Waals surface area contributed by atoms with Crippen molar-refractivity contribution in [2.24, 2.45) is 0 Å². The van der Waals surface area contributed by atoms with Gasteiger partial charge in [0.15, 0.2) is 5.12 Å². The molecular weight excluding hydrogens is 206 g/mol. The van der Waals surface area contributed by atoms with E-state index in [4.69, 9.17) is 0 Å². The largest absolute Gasteiger partial charge is 0.288 e. The fourth-order valence-electron chi connectivity index (χ4n) is 1.16. The Kier molecular flexibility index (Phi) is 5.12. The quantitative estimate of drug-likeness (QED) is 0.732. The van der Waals surface area contributed by atoms with Crippen molar-refractivity contribution < 1.29 is 4.79 Å². The van der Waals surface area contributed by atoms with Crippen molar-refractivity contribution >= 4 is 23.0 Å². The zero-order chi connectivity index (χ0) is 11.1. The SMILES string of the molecule is CC(=O)SCCC=Cc1ccnc(C)c1. The van der Waals surface area contributed by atoms with E-state index >= 15 is 0 Å². The molecule has 15 heavy (non-hydrogen) atoms. The maximum atomic E-state index is 10.7. The van der Waals surface area contributed by atoms with E-state index in [1.807, 2.05) is 19.1 Å². The average Bonchev–Trinajstić information content (AvgIpc) is 2.17. The van der Waals surface area contributed by atoms with Crippen LogP contribution in [-0.4, -0.2) is 15.9 Å². The molecule has 0 unspecified atom stereocenters. The number of allylic oxidation sites excluding steroid dienone is 1. The zero-order valence-corrected chi connectivity index (χ0v) is 9.88. The van der Waals surface area contributed by atoms with Crippen molar-refractivity contribution in [1.82, 2.24) is 4.98 Å². The molecule has 0 N–H and O–H groups in total. The molecule has 0 saturated carbocycles. The van der Waals surface area contributed by atoms with Gasteiger partial charge in [0.2, 0.25) is 0 Å². The highest BCUT2D eigenvalue weighted by Crippen LogP contribution is 2.07. The molecule has 0 aliphatic heterocycles. The fraction of sp³-hybridized carbons (Fsp3) is 0.333. The van der Waals surface area contributed by atoms with E-state index in [0.29, 0.717) is 0 Å². The molecule has 0 amide bonds. The summed E-state index contributed by atoms with van der Waals surface area (Å²) in [6.07, 6.45) is 6.88. The molecule has 1 aromatic heterocycles.